The van der Waals surface area contributed by atoms with Crippen LogP contribution in [0.25, 0.3) is 0 Å². The molecule has 3 aromatic rings. The summed E-state index contributed by atoms with van der Waals surface area (Å²) >= 11 is 12.2. The van der Waals surface area contributed by atoms with Crippen LogP contribution in [0, 0.1) is 0 Å². The molecule has 39 heavy (non-hydrogen) atoms. The van der Waals surface area contributed by atoms with Gasteiger partial charge in [0.05, 0.1) is 22.0 Å². The van der Waals surface area contributed by atoms with Crippen molar-refractivity contribution >= 4 is 50.7 Å². The molecule has 0 fully saturated rings. The van der Waals surface area contributed by atoms with Gasteiger partial charge in [-0.05, 0) is 42.7 Å². The number of halogens is 2. The van der Waals surface area contributed by atoms with Gasteiger partial charge < -0.3 is 10.2 Å². The van der Waals surface area contributed by atoms with Gasteiger partial charge in [0.1, 0.15) is 12.6 Å². The topological polar surface area (TPSA) is 86.8 Å². The number of sulfonamides is 1. The Hall–Kier alpha value is -3.07. The summed E-state index contributed by atoms with van der Waals surface area (Å²) in [5, 5.41) is 3.42. The van der Waals surface area contributed by atoms with Crippen molar-refractivity contribution in [1.29, 1.82) is 0 Å². The van der Waals surface area contributed by atoms with Gasteiger partial charge in [-0.15, -0.1) is 0 Å². The molecular formula is C29H33Cl2N3O4S. The van der Waals surface area contributed by atoms with E-state index in [4.69, 9.17) is 23.2 Å². The Kier molecular flexibility index (Phi) is 10.8. The van der Waals surface area contributed by atoms with Crippen molar-refractivity contribution in [2.75, 3.05) is 17.1 Å². The zero-order valence-corrected chi connectivity index (χ0v) is 24.5. The summed E-state index contributed by atoms with van der Waals surface area (Å²) in [6, 6.07) is 22.1. The molecule has 0 heterocycles. The maximum absolute atomic E-state index is 14.0. The van der Waals surface area contributed by atoms with E-state index in [1.54, 1.807) is 0 Å². The Balaban J connectivity index is 2.05. The van der Waals surface area contributed by atoms with E-state index < -0.39 is 28.5 Å². The summed E-state index contributed by atoms with van der Waals surface area (Å²) in [4.78, 5) is 29.1. The van der Waals surface area contributed by atoms with Crippen molar-refractivity contribution in [3.05, 3.63) is 100 Å². The van der Waals surface area contributed by atoms with Crippen LogP contribution in [-0.2, 0) is 32.6 Å². The van der Waals surface area contributed by atoms with E-state index in [0.717, 1.165) is 28.1 Å². The van der Waals surface area contributed by atoms with Crippen molar-refractivity contribution in [2.45, 2.75) is 45.3 Å². The molecule has 0 bridgehead atoms. The van der Waals surface area contributed by atoms with Gasteiger partial charge in [-0.2, -0.15) is 0 Å². The van der Waals surface area contributed by atoms with Crippen LogP contribution in [0.3, 0.4) is 0 Å². The highest BCUT2D eigenvalue weighted by Crippen LogP contribution is 2.29. The van der Waals surface area contributed by atoms with E-state index in [2.05, 4.69) is 5.32 Å². The summed E-state index contributed by atoms with van der Waals surface area (Å²) in [6.07, 6.45) is 1.99. The summed E-state index contributed by atoms with van der Waals surface area (Å²) in [6.45, 7) is 3.46. The molecule has 7 nitrogen and oxygen atoms in total. The first-order valence-electron chi connectivity index (χ1n) is 12.6. The van der Waals surface area contributed by atoms with Crippen molar-refractivity contribution in [1.82, 2.24) is 10.2 Å². The maximum Gasteiger partial charge on any atom is 0.244 e. The van der Waals surface area contributed by atoms with Gasteiger partial charge in [0.2, 0.25) is 21.8 Å². The van der Waals surface area contributed by atoms with Crippen LogP contribution < -0.4 is 9.62 Å². The Morgan fingerprint density at radius 1 is 0.897 bits per heavy atom. The molecule has 2 atom stereocenters. The molecule has 3 aromatic carbocycles. The van der Waals surface area contributed by atoms with E-state index >= 15 is 0 Å². The molecule has 0 aliphatic carbocycles. The van der Waals surface area contributed by atoms with Gasteiger partial charge in [0, 0.05) is 19.0 Å². The predicted molar refractivity (Wildman–Crippen MR) is 157 cm³/mol. The highest BCUT2D eigenvalue weighted by Gasteiger charge is 2.33. The van der Waals surface area contributed by atoms with Crippen LogP contribution >= 0.6 is 23.2 Å². The van der Waals surface area contributed by atoms with Crippen molar-refractivity contribution < 1.29 is 18.0 Å². The Morgan fingerprint density at radius 2 is 1.49 bits per heavy atom. The molecule has 0 aliphatic heterocycles. The number of anilines is 1. The molecular weight excluding hydrogens is 557 g/mol. The summed E-state index contributed by atoms with van der Waals surface area (Å²) in [7, 11) is -3.89. The lowest BCUT2D eigenvalue weighted by atomic mass is 10.0. The molecule has 1 N–H and O–H groups in total. The van der Waals surface area contributed by atoms with Crippen LogP contribution in [0.2, 0.25) is 10.0 Å². The van der Waals surface area contributed by atoms with Gasteiger partial charge in [-0.3, -0.25) is 13.9 Å². The number of hydrogen-bond donors (Lipinski definition) is 1. The molecule has 0 saturated carbocycles. The first-order chi connectivity index (χ1) is 18.5. The van der Waals surface area contributed by atoms with E-state index in [-0.39, 0.29) is 40.6 Å². The van der Waals surface area contributed by atoms with Gasteiger partial charge in [0.15, 0.2) is 0 Å². The molecule has 0 radical (unpaired) electrons. The number of nitrogens with zero attached hydrogens (tertiary/aromatic N) is 2. The minimum Gasteiger partial charge on any atom is -0.352 e. The van der Waals surface area contributed by atoms with E-state index in [1.165, 1.54) is 23.1 Å². The molecule has 0 aromatic heterocycles. The summed E-state index contributed by atoms with van der Waals surface area (Å²) in [5.41, 5.74) is 1.88. The maximum atomic E-state index is 14.0. The Morgan fingerprint density at radius 3 is 2.03 bits per heavy atom. The fourth-order valence-corrected chi connectivity index (χ4v) is 5.16. The van der Waals surface area contributed by atoms with Gasteiger partial charge in [0.25, 0.3) is 0 Å². The lowest BCUT2D eigenvalue weighted by molar-refractivity contribution is -0.140. The van der Waals surface area contributed by atoms with E-state index in [0.29, 0.717) is 0 Å². The number of benzene rings is 3. The van der Waals surface area contributed by atoms with E-state index in [9.17, 15) is 18.0 Å². The normalized spacial score (nSPS) is 12.8. The molecule has 0 aliphatic rings. The second-order valence-electron chi connectivity index (χ2n) is 9.40. The largest absolute Gasteiger partial charge is 0.352 e. The molecule has 0 spiro atoms. The number of rotatable bonds is 12. The van der Waals surface area contributed by atoms with Crippen LogP contribution in [0.15, 0.2) is 78.9 Å². The van der Waals surface area contributed by atoms with Gasteiger partial charge >= 0.3 is 0 Å². The fraction of sp³-hybridized carbons (Fsp3) is 0.310. The second-order valence-corrected chi connectivity index (χ2v) is 12.1. The third-order valence-corrected chi connectivity index (χ3v) is 8.22. The smallest absolute Gasteiger partial charge is 0.244 e. The predicted octanol–water partition coefficient (Wildman–Crippen LogP) is 5.31. The first-order valence-corrected chi connectivity index (χ1v) is 15.2. The lowest BCUT2D eigenvalue weighted by Gasteiger charge is -2.34. The van der Waals surface area contributed by atoms with Crippen molar-refractivity contribution in [3.8, 4) is 0 Å². The number of nitrogens with one attached hydrogen (secondary N) is 1. The number of hydrogen-bond acceptors (Lipinski definition) is 4. The third-order valence-electron chi connectivity index (χ3n) is 6.34. The molecule has 0 unspecified atom stereocenters. The third kappa shape index (κ3) is 8.71. The molecule has 2 amide bonds. The van der Waals surface area contributed by atoms with Crippen LogP contribution in [0.5, 0.6) is 0 Å². The monoisotopic (exact) mass is 589 g/mol. The highest BCUT2D eigenvalue weighted by molar-refractivity contribution is 7.92. The number of amides is 2. The quantitative estimate of drug-likeness (QED) is 0.310. The SMILES string of the molecule is CC[C@H](C)NC(=O)[C@@H](Cc1ccccc1)N(Cc1ccccc1)C(=O)CN(c1ccc(Cl)c(Cl)c1)S(C)(=O)=O. The molecule has 3 rings (SSSR count). The fourth-order valence-electron chi connectivity index (χ4n) is 4.03. The zero-order valence-electron chi connectivity index (χ0n) is 22.2. The minimum absolute atomic E-state index is 0.104. The summed E-state index contributed by atoms with van der Waals surface area (Å²) < 4.78 is 26.6. The van der Waals surface area contributed by atoms with Crippen molar-refractivity contribution in [3.63, 3.8) is 0 Å². The number of carbonyl (C=O) groups is 2. The minimum atomic E-state index is -3.89. The lowest BCUT2D eigenvalue weighted by Crippen LogP contribution is -2.54. The average molecular weight is 591 g/mol. The molecule has 208 valence electrons. The second kappa shape index (κ2) is 13.8. The molecule has 0 saturated heterocycles. The molecule has 10 heteroatoms. The Labute approximate surface area is 240 Å². The summed E-state index contributed by atoms with van der Waals surface area (Å²) in [5.74, 6) is -0.839. The highest BCUT2D eigenvalue weighted by atomic mass is 35.5. The van der Waals surface area contributed by atoms with Gasteiger partial charge in [-0.25, -0.2) is 8.42 Å². The average Bonchev–Trinajstić information content (AvgIpc) is 2.91. The van der Waals surface area contributed by atoms with Crippen LogP contribution in [-0.4, -0.2) is 50.0 Å². The zero-order chi connectivity index (χ0) is 28.6. The van der Waals surface area contributed by atoms with Crippen molar-refractivity contribution in [2.24, 2.45) is 0 Å². The standard InChI is InChI=1S/C29H33Cl2N3O4S/c1-4-21(2)32-29(36)27(17-22-11-7-5-8-12-22)33(19-23-13-9-6-10-14-23)28(35)20-34(39(3,37)38)24-15-16-25(30)26(31)18-24/h5-16,18,21,27H,4,17,19-20H2,1-3H3,(H,32,36)/t21-,27+/m0/s1. The number of carbonyl (C=O) groups excluding carboxylic acids is 2. The van der Waals surface area contributed by atoms with Crippen LogP contribution in [0.1, 0.15) is 31.4 Å². The van der Waals surface area contributed by atoms with E-state index in [1.807, 2.05) is 74.5 Å². The van der Waals surface area contributed by atoms with Gasteiger partial charge in [-0.1, -0.05) is 90.8 Å². The Bertz CT molecular complexity index is 1370. The first kappa shape index (κ1) is 30.5. The van der Waals surface area contributed by atoms with Crippen LogP contribution in [0.4, 0.5) is 5.69 Å².